The summed E-state index contributed by atoms with van der Waals surface area (Å²) in [5.41, 5.74) is 7.40. The van der Waals surface area contributed by atoms with Gasteiger partial charge in [-0.25, -0.2) is 0 Å². The van der Waals surface area contributed by atoms with Gasteiger partial charge in [-0.3, -0.25) is 0 Å². The van der Waals surface area contributed by atoms with Gasteiger partial charge in [0.2, 0.25) is 0 Å². The fourth-order valence-corrected chi connectivity index (χ4v) is 4.27. The maximum Gasteiger partial charge on any atom is 0.138 e. The van der Waals surface area contributed by atoms with Gasteiger partial charge in [0.05, 0.1) is 12.1 Å². The van der Waals surface area contributed by atoms with Crippen LogP contribution in [0.5, 0.6) is 5.75 Å². The molecule has 2 nitrogen and oxygen atoms in total. The summed E-state index contributed by atoms with van der Waals surface area (Å²) in [7, 11) is 1.59. The zero-order chi connectivity index (χ0) is 13.6. The third-order valence-corrected chi connectivity index (χ3v) is 5.39. The summed E-state index contributed by atoms with van der Waals surface area (Å²) in [4.78, 5) is 0. The summed E-state index contributed by atoms with van der Waals surface area (Å²) in [6.45, 7) is 0. The Balaban J connectivity index is 1.84. The van der Waals surface area contributed by atoms with Gasteiger partial charge in [-0.15, -0.1) is 0 Å². The largest absolute Gasteiger partial charge is 0.495 e. The summed E-state index contributed by atoms with van der Waals surface area (Å²) < 4.78 is 5.17. The first-order valence-electron chi connectivity index (χ1n) is 6.92. The average Bonchev–Trinajstić information content (AvgIpc) is 3.14. The fraction of sp³-hybridized carbons (Fsp3) is 0.600. The standard InChI is InChI=1S/C15H19Cl2NO/c1-19-13-7-11(16)10(6-12(13)17)15(18)14-8-4-2-3-5-9(8)14/h6-9,14-15H,2-5,18H2,1H3. The van der Waals surface area contributed by atoms with E-state index >= 15 is 0 Å². The Kier molecular flexibility index (Phi) is 3.67. The monoisotopic (exact) mass is 299 g/mol. The molecule has 3 rings (SSSR count). The highest BCUT2D eigenvalue weighted by molar-refractivity contribution is 6.34. The lowest BCUT2D eigenvalue weighted by molar-refractivity contribution is 0.414. The van der Waals surface area contributed by atoms with Crippen LogP contribution in [0, 0.1) is 17.8 Å². The van der Waals surface area contributed by atoms with Gasteiger partial charge in [-0.2, -0.15) is 0 Å². The second-order valence-electron chi connectivity index (χ2n) is 5.72. The van der Waals surface area contributed by atoms with Gasteiger partial charge in [-0.1, -0.05) is 36.0 Å². The summed E-state index contributed by atoms with van der Waals surface area (Å²) in [6, 6.07) is 3.65. The molecule has 3 unspecified atom stereocenters. The number of hydrogen-bond donors (Lipinski definition) is 1. The maximum absolute atomic E-state index is 6.44. The number of hydrogen-bond acceptors (Lipinski definition) is 2. The number of nitrogens with two attached hydrogens (primary N) is 1. The van der Waals surface area contributed by atoms with E-state index < -0.39 is 0 Å². The van der Waals surface area contributed by atoms with Crippen molar-refractivity contribution in [2.45, 2.75) is 31.7 Å². The van der Waals surface area contributed by atoms with Crippen LogP contribution in [0.4, 0.5) is 0 Å². The molecular formula is C15H19Cl2NO. The molecule has 104 valence electrons. The summed E-state index contributed by atoms with van der Waals surface area (Å²) in [5, 5.41) is 1.25. The SMILES string of the molecule is COc1cc(Cl)c(C(N)C2C3CCCCC32)cc1Cl. The molecule has 0 heterocycles. The third kappa shape index (κ3) is 2.35. The highest BCUT2D eigenvalue weighted by Gasteiger charge is 2.53. The van der Waals surface area contributed by atoms with Gasteiger partial charge in [0.25, 0.3) is 0 Å². The minimum Gasteiger partial charge on any atom is -0.495 e. The Labute approximate surface area is 124 Å². The molecule has 0 saturated heterocycles. The number of fused-ring (bicyclic) bond motifs is 1. The molecule has 0 bridgehead atoms. The van der Waals surface area contributed by atoms with Gasteiger partial charge < -0.3 is 10.5 Å². The van der Waals surface area contributed by atoms with Crippen LogP contribution < -0.4 is 10.5 Å². The maximum atomic E-state index is 6.44. The number of ether oxygens (including phenoxy) is 1. The molecule has 0 aromatic heterocycles. The topological polar surface area (TPSA) is 35.2 Å². The molecule has 19 heavy (non-hydrogen) atoms. The van der Waals surface area contributed by atoms with Crippen molar-refractivity contribution in [3.8, 4) is 5.75 Å². The first-order valence-corrected chi connectivity index (χ1v) is 7.67. The van der Waals surface area contributed by atoms with Crippen molar-refractivity contribution < 1.29 is 4.74 Å². The van der Waals surface area contributed by atoms with Crippen LogP contribution in [-0.2, 0) is 0 Å². The minimum atomic E-state index is 0.00371. The Morgan fingerprint density at radius 3 is 2.37 bits per heavy atom. The van der Waals surface area contributed by atoms with E-state index in [1.54, 1.807) is 13.2 Å². The average molecular weight is 300 g/mol. The molecule has 0 radical (unpaired) electrons. The van der Waals surface area contributed by atoms with Gasteiger partial charge in [0, 0.05) is 17.1 Å². The number of halogens is 2. The zero-order valence-corrected chi connectivity index (χ0v) is 12.5. The van der Waals surface area contributed by atoms with Crippen molar-refractivity contribution in [2.75, 3.05) is 7.11 Å². The molecule has 2 fully saturated rings. The van der Waals surface area contributed by atoms with E-state index in [2.05, 4.69) is 0 Å². The fourth-order valence-electron chi connectivity index (χ4n) is 3.74. The first kappa shape index (κ1) is 13.5. The van der Waals surface area contributed by atoms with Crippen LogP contribution in [0.1, 0.15) is 37.3 Å². The van der Waals surface area contributed by atoms with Crippen LogP contribution in [0.25, 0.3) is 0 Å². The van der Waals surface area contributed by atoms with Gasteiger partial charge >= 0.3 is 0 Å². The molecule has 2 aliphatic carbocycles. The second kappa shape index (κ2) is 5.16. The Morgan fingerprint density at radius 1 is 1.16 bits per heavy atom. The Bertz CT molecular complexity index is 479. The molecule has 2 aliphatic rings. The molecule has 4 heteroatoms. The normalized spacial score (nSPS) is 30.6. The number of benzene rings is 1. The summed E-state index contributed by atoms with van der Waals surface area (Å²) in [5.74, 6) is 2.81. The Morgan fingerprint density at radius 2 is 1.79 bits per heavy atom. The van der Waals surface area contributed by atoms with Crippen molar-refractivity contribution in [1.82, 2.24) is 0 Å². The lowest BCUT2D eigenvalue weighted by atomic mass is 10.0. The number of rotatable bonds is 3. The highest BCUT2D eigenvalue weighted by atomic mass is 35.5. The molecule has 1 aromatic rings. The molecule has 3 atom stereocenters. The highest BCUT2D eigenvalue weighted by Crippen LogP contribution is 2.60. The second-order valence-corrected chi connectivity index (χ2v) is 6.54. The predicted octanol–water partition coefficient (Wildman–Crippen LogP) is 4.44. The van der Waals surface area contributed by atoms with E-state index in [4.69, 9.17) is 33.7 Å². The number of methoxy groups -OCH3 is 1. The molecule has 2 saturated carbocycles. The molecule has 2 N–H and O–H groups in total. The van der Waals surface area contributed by atoms with Crippen molar-refractivity contribution in [2.24, 2.45) is 23.5 Å². The molecular weight excluding hydrogens is 281 g/mol. The van der Waals surface area contributed by atoms with Crippen LogP contribution in [0.15, 0.2) is 12.1 Å². The lowest BCUT2D eigenvalue weighted by Crippen LogP contribution is -2.15. The summed E-state index contributed by atoms with van der Waals surface area (Å²) >= 11 is 12.5. The van der Waals surface area contributed by atoms with Gasteiger partial charge in [-0.05, 0) is 42.2 Å². The molecule has 0 aliphatic heterocycles. The van der Waals surface area contributed by atoms with Crippen LogP contribution in [0.2, 0.25) is 10.0 Å². The van der Waals surface area contributed by atoms with Gasteiger partial charge in [0.1, 0.15) is 5.75 Å². The van der Waals surface area contributed by atoms with Crippen LogP contribution in [-0.4, -0.2) is 7.11 Å². The van der Waals surface area contributed by atoms with Crippen molar-refractivity contribution in [3.05, 3.63) is 27.7 Å². The van der Waals surface area contributed by atoms with Crippen molar-refractivity contribution >= 4 is 23.2 Å². The molecule has 0 spiro atoms. The molecule has 0 amide bonds. The van der Waals surface area contributed by atoms with Crippen LogP contribution >= 0.6 is 23.2 Å². The van der Waals surface area contributed by atoms with Crippen LogP contribution in [0.3, 0.4) is 0 Å². The van der Waals surface area contributed by atoms with E-state index in [0.717, 1.165) is 17.4 Å². The summed E-state index contributed by atoms with van der Waals surface area (Å²) in [6.07, 6.45) is 5.35. The quantitative estimate of drug-likeness (QED) is 0.895. The lowest BCUT2D eigenvalue weighted by Gasteiger charge is -2.16. The zero-order valence-electron chi connectivity index (χ0n) is 11.0. The van der Waals surface area contributed by atoms with Crippen molar-refractivity contribution in [1.29, 1.82) is 0 Å². The molecule has 1 aromatic carbocycles. The van der Waals surface area contributed by atoms with E-state index in [9.17, 15) is 0 Å². The third-order valence-electron chi connectivity index (χ3n) is 4.77. The first-order chi connectivity index (χ1) is 9.13. The smallest absolute Gasteiger partial charge is 0.138 e. The van der Waals surface area contributed by atoms with Crippen molar-refractivity contribution in [3.63, 3.8) is 0 Å². The van der Waals surface area contributed by atoms with Gasteiger partial charge in [0.15, 0.2) is 0 Å². The Hall–Kier alpha value is -0.440. The minimum absolute atomic E-state index is 0.00371. The van der Waals surface area contributed by atoms with E-state index in [-0.39, 0.29) is 6.04 Å². The van der Waals surface area contributed by atoms with E-state index in [1.807, 2.05) is 6.07 Å². The van der Waals surface area contributed by atoms with E-state index in [1.165, 1.54) is 25.7 Å². The van der Waals surface area contributed by atoms with E-state index in [0.29, 0.717) is 21.7 Å². The predicted molar refractivity (Wildman–Crippen MR) is 78.9 cm³/mol.